The maximum atomic E-state index is 11.9. The van der Waals surface area contributed by atoms with Crippen molar-refractivity contribution in [1.29, 1.82) is 0 Å². The number of carbonyl (C=O) groups excluding carboxylic acids is 2. The molecule has 8 nitrogen and oxygen atoms in total. The van der Waals surface area contributed by atoms with Crippen molar-refractivity contribution < 1.29 is 29.6 Å². The summed E-state index contributed by atoms with van der Waals surface area (Å²) >= 11 is 0. The molecule has 0 unspecified atom stereocenters. The van der Waals surface area contributed by atoms with Gasteiger partial charge in [0, 0.05) is 36.1 Å². The molecule has 1 fully saturated rings. The molecule has 10 heteroatoms. The number of rotatable bonds is 12. The molecule has 1 saturated heterocycles. The first-order valence-corrected chi connectivity index (χ1v) is 12.0. The number of amides is 2. The Morgan fingerprint density at radius 3 is 2.41 bits per heavy atom. The molecule has 29 heavy (non-hydrogen) atoms. The van der Waals surface area contributed by atoms with Crippen LogP contribution in [0, 0.1) is 0 Å². The summed E-state index contributed by atoms with van der Waals surface area (Å²) in [7, 11) is 3.91. The zero-order valence-electron chi connectivity index (χ0n) is 16.2. The number of nitrogens with one attached hydrogen (secondary N) is 2. The zero-order chi connectivity index (χ0) is 21.1. The van der Waals surface area contributed by atoms with E-state index in [-0.39, 0.29) is 24.6 Å². The van der Waals surface area contributed by atoms with Crippen LogP contribution in [-0.4, -0.2) is 64.4 Å². The van der Waals surface area contributed by atoms with Gasteiger partial charge in [0.1, 0.15) is 0 Å². The van der Waals surface area contributed by atoms with E-state index < -0.39 is 23.2 Å². The van der Waals surface area contributed by atoms with Gasteiger partial charge in [-0.25, -0.2) is 0 Å². The van der Waals surface area contributed by atoms with E-state index in [0.717, 1.165) is 30.2 Å². The third-order valence-corrected chi connectivity index (χ3v) is 7.35. The van der Waals surface area contributed by atoms with E-state index in [1.165, 1.54) is 18.6 Å². The highest BCUT2D eigenvalue weighted by Crippen LogP contribution is 2.39. The first-order chi connectivity index (χ1) is 14.0. The minimum Gasteiger partial charge on any atom is -0.504 e. The van der Waals surface area contributed by atoms with Gasteiger partial charge in [-0.2, -0.15) is 0 Å². The van der Waals surface area contributed by atoms with Gasteiger partial charge in [0.25, 0.3) is 5.91 Å². The topological polar surface area (TPSA) is 128 Å². The van der Waals surface area contributed by atoms with E-state index in [0.29, 0.717) is 19.6 Å². The average molecular weight is 445 g/mol. The number of aromatic hydroxyl groups is 3. The van der Waals surface area contributed by atoms with Gasteiger partial charge in [-0.05, 0) is 31.4 Å². The molecule has 1 aromatic carbocycles. The Hall–Kier alpha value is -1.78. The molecule has 0 bridgehead atoms. The molecular weight excluding hydrogens is 416 g/mol. The van der Waals surface area contributed by atoms with Crippen molar-refractivity contribution in [2.75, 3.05) is 32.1 Å². The second-order valence-corrected chi connectivity index (χ2v) is 9.44. The summed E-state index contributed by atoms with van der Waals surface area (Å²) in [6.07, 6.45) is 4.98. The molecular formula is C19H28N2O6S2. The predicted octanol–water partition coefficient (Wildman–Crippen LogP) is 2.38. The number of phenols is 3. The van der Waals surface area contributed by atoms with Gasteiger partial charge >= 0.3 is 0 Å². The van der Waals surface area contributed by atoms with Crippen molar-refractivity contribution in [2.24, 2.45) is 0 Å². The van der Waals surface area contributed by atoms with Crippen LogP contribution in [0.3, 0.4) is 0 Å². The largest absolute Gasteiger partial charge is 0.504 e. The molecule has 0 aliphatic carbocycles. The van der Waals surface area contributed by atoms with Crippen LogP contribution in [0.5, 0.6) is 17.2 Å². The van der Waals surface area contributed by atoms with Crippen LogP contribution < -0.4 is 10.6 Å². The van der Waals surface area contributed by atoms with Crippen LogP contribution >= 0.6 is 21.6 Å². The molecule has 0 radical (unpaired) electrons. The minimum absolute atomic E-state index is 0.0235. The lowest BCUT2D eigenvalue weighted by molar-refractivity contribution is -0.121. The first-order valence-electron chi connectivity index (χ1n) is 9.63. The van der Waals surface area contributed by atoms with Crippen molar-refractivity contribution in [3.05, 3.63) is 17.7 Å². The quantitative estimate of drug-likeness (QED) is 0.189. The van der Waals surface area contributed by atoms with E-state index >= 15 is 0 Å². The van der Waals surface area contributed by atoms with Gasteiger partial charge < -0.3 is 30.7 Å². The summed E-state index contributed by atoms with van der Waals surface area (Å²) in [5, 5.41) is 34.2. The van der Waals surface area contributed by atoms with E-state index in [4.69, 9.17) is 4.74 Å². The number of unbranched alkanes of at least 4 members (excludes halogenated alkanes) is 1. The van der Waals surface area contributed by atoms with E-state index in [9.17, 15) is 24.9 Å². The fourth-order valence-corrected chi connectivity index (χ4v) is 5.78. The maximum absolute atomic E-state index is 11.9. The molecule has 1 aromatic rings. The number of hydrogen-bond donors (Lipinski definition) is 5. The monoisotopic (exact) mass is 444 g/mol. The Morgan fingerprint density at radius 1 is 1.07 bits per heavy atom. The third kappa shape index (κ3) is 8.63. The average Bonchev–Trinajstić information content (AvgIpc) is 3.21. The smallest absolute Gasteiger partial charge is 0.251 e. The molecule has 2 amide bonds. The lowest BCUT2D eigenvalue weighted by Crippen LogP contribution is -2.30. The second kappa shape index (κ2) is 12.7. The van der Waals surface area contributed by atoms with Crippen molar-refractivity contribution >= 4 is 33.4 Å². The highest BCUT2D eigenvalue weighted by Gasteiger charge is 2.16. The molecule has 1 heterocycles. The van der Waals surface area contributed by atoms with Crippen molar-refractivity contribution in [3.8, 4) is 17.2 Å². The summed E-state index contributed by atoms with van der Waals surface area (Å²) in [5.74, 6) is -1.05. The van der Waals surface area contributed by atoms with Crippen LogP contribution in [0.4, 0.5) is 0 Å². The summed E-state index contributed by atoms with van der Waals surface area (Å²) in [6.45, 7) is 1.25. The molecule has 1 atom stereocenters. The first kappa shape index (κ1) is 23.5. The summed E-state index contributed by atoms with van der Waals surface area (Å²) in [6, 6.07) is 2.12. The second-order valence-electron chi connectivity index (χ2n) is 6.66. The van der Waals surface area contributed by atoms with Crippen LogP contribution in [-0.2, 0) is 9.53 Å². The van der Waals surface area contributed by atoms with Gasteiger partial charge in [0.15, 0.2) is 17.2 Å². The lowest BCUT2D eigenvalue weighted by atomic mass is 10.1. The van der Waals surface area contributed by atoms with Crippen LogP contribution in [0.1, 0.15) is 42.5 Å². The van der Waals surface area contributed by atoms with E-state index in [1.54, 1.807) is 0 Å². The number of carbonyl (C=O) groups is 2. The fraction of sp³-hybridized carbons (Fsp3) is 0.579. The molecule has 1 aliphatic heterocycles. The molecule has 2 rings (SSSR count). The standard InChI is InChI=1S/C19H28N2O6S2/c22-15-11-13(12-16(23)18(15)25)19(26)21-7-9-27-8-6-20-17(24)4-2-1-3-14-5-10-28-29-14/h11-12,14,22-23,25H,1-10H2,(H,20,24)(H,21,26)/t14-/m1/s1. The summed E-state index contributed by atoms with van der Waals surface area (Å²) in [5.41, 5.74) is 0.0235. The summed E-state index contributed by atoms with van der Waals surface area (Å²) < 4.78 is 5.36. The van der Waals surface area contributed by atoms with Crippen molar-refractivity contribution in [1.82, 2.24) is 10.6 Å². The Kier molecular flexibility index (Phi) is 10.3. The van der Waals surface area contributed by atoms with Gasteiger partial charge in [-0.15, -0.1) is 0 Å². The highest BCUT2D eigenvalue weighted by molar-refractivity contribution is 8.77. The predicted molar refractivity (Wildman–Crippen MR) is 115 cm³/mol. The fourth-order valence-electron chi connectivity index (χ4n) is 2.75. The molecule has 1 aliphatic rings. The number of ether oxygens (including phenoxy) is 1. The van der Waals surface area contributed by atoms with Crippen LogP contribution in [0.15, 0.2) is 12.1 Å². The van der Waals surface area contributed by atoms with Gasteiger partial charge in [0.2, 0.25) is 5.91 Å². The number of phenolic OH excluding ortho intramolecular Hbond substituents is 3. The Morgan fingerprint density at radius 2 is 1.76 bits per heavy atom. The van der Waals surface area contributed by atoms with Gasteiger partial charge in [-0.3, -0.25) is 9.59 Å². The SMILES string of the molecule is O=C(CCCC[C@@H]1CCSS1)NCCOCCNC(=O)c1cc(O)c(O)c(O)c1. The summed E-state index contributed by atoms with van der Waals surface area (Å²) in [4.78, 5) is 23.7. The van der Waals surface area contributed by atoms with Crippen LogP contribution in [0.2, 0.25) is 0 Å². The van der Waals surface area contributed by atoms with E-state index in [2.05, 4.69) is 10.6 Å². The molecule has 0 saturated carbocycles. The number of benzene rings is 1. The van der Waals surface area contributed by atoms with Crippen LogP contribution in [0.25, 0.3) is 0 Å². The van der Waals surface area contributed by atoms with Crippen molar-refractivity contribution in [3.63, 3.8) is 0 Å². The molecule has 0 spiro atoms. The minimum atomic E-state index is -0.668. The number of hydrogen-bond acceptors (Lipinski definition) is 8. The molecule has 162 valence electrons. The van der Waals surface area contributed by atoms with E-state index in [1.807, 2.05) is 21.6 Å². The zero-order valence-corrected chi connectivity index (χ0v) is 17.8. The Balaban J connectivity index is 1.46. The Bertz CT molecular complexity index is 660. The molecule has 5 N–H and O–H groups in total. The lowest BCUT2D eigenvalue weighted by Gasteiger charge is -2.09. The normalized spacial score (nSPS) is 15.9. The maximum Gasteiger partial charge on any atom is 0.251 e. The van der Waals surface area contributed by atoms with Gasteiger partial charge in [0.05, 0.1) is 13.2 Å². The van der Waals surface area contributed by atoms with Gasteiger partial charge in [-0.1, -0.05) is 28.0 Å². The molecule has 0 aromatic heterocycles. The third-order valence-electron chi connectivity index (χ3n) is 4.34. The Labute approximate surface area is 178 Å². The highest BCUT2D eigenvalue weighted by atomic mass is 33.1. The van der Waals surface area contributed by atoms with Crippen molar-refractivity contribution in [2.45, 2.75) is 37.4 Å².